The molecular weight excluding hydrogens is 260 g/mol. The molecule has 2 aliphatic rings. The number of epoxide rings is 1. The van der Waals surface area contributed by atoms with Gasteiger partial charge in [0, 0.05) is 5.56 Å². The number of fused-ring (bicyclic) bond motifs is 4. The molecule has 0 aromatic heterocycles. The average Bonchev–Trinajstić information content (AvgIpc) is 3.27. The first kappa shape index (κ1) is 12.9. The summed E-state index contributed by atoms with van der Waals surface area (Å²) >= 11 is 0. The van der Waals surface area contributed by atoms with Crippen LogP contribution in [0.4, 0.5) is 0 Å². The lowest BCUT2D eigenvalue weighted by Crippen LogP contribution is -2.16. The number of benzene rings is 2. The molecule has 2 aromatic carbocycles. The molecule has 1 spiro atoms. The van der Waals surface area contributed by atoms with Gasteiger partial charge in [-0.3, -0.25) is 0 Å². The van der Waals surface area contributed by atoms with Crippen molar-refractivity contribution < 1.29 is 9.47 Å². The third-order valence-electron chi connectivity index (χ3n) is 4.55. The Hall–Kier alpha value is -1.80. The van der Waals surface area contributed by atoms with Crippen LogP contribution in [-0.4, -0.2) is 6.61 Å². The highest BCUT2D eigenvalue weighted by atomic mass is 16.6. The second-order valence-electron chi connectivity index (χ2n) is 7.02. The van der Waals surface area contributed by atoms with Gasteiger partial charge in [0.15, 0.2) is 0 Å². The first-order valence-corrected chi connectivity index (χ1v) is 7.51. The van der Waals surface area contributed by atoms with Gasteiger partial charge in [-0.2, -0.15) is 0 Å². The number of rotatable bonds is 0. The van der Waals surface area contributed by atoms with Gasteiger partial charge in [0.05, 0.1) is 6.61 Å². The van der Waals surface area contributed by atoms with Crippen molar-refractivity contribution in [2.24, 2.45) is 0 Å². The molecule has 2 nitrogen and oxygen atoms in total. The highest BCUT2D eigenvalue weighted by molar-refractivity contribution is 5.54. The quantitative estimate of drug-likeness (QED) is 0.676. The summed E-state index contributed by atoms with van der Waals surface area (Å²) < 4.78 is 12.0. The molecule has 4 rings (SSSR count). The maximum atomic E-state index is 6.04. The van der Waals surface area contributed by atoms with Crippen molar-refractivity contribution in [3.05, 3.63) is 64.7 Å². The van der Waals surface area contributed by atoms with Crippen LogP contribution in [0.2, 0.25) is 0 Å². The van der Waals surface area contributed by atoms with Gasteiger partial charge in [0.2, 0.25) is 0 Å². The highest BCUT2D eigenvalue weighted by Crippen LogP contribution is 2.52. The fourth-order valence-corrected chi connectivity index (χ4v) is 3.16. The van der Waals surface area contributed by atoms with Crippen LogP contribution in [0.5, 0.6) is 5.75 Å². The van der Waals surface area contributed by atoms with Gasteiger partial charge in [-0.15, -0.1) is 0 Å². The third-order valence-corrected chi connectivity index (χ3v) is 4.55. The van der Waals surface area contributed by atoms with Gasteiger partial charge in [0.1, 0.15) is 18.0 Å². The summed E-state index contributed by atoms with van der Waals surface area (Å²) in [6, 6.07) is 15.0. The van der Waals surface area contributed by atoms with E-state index in [1.54, 1.807) is 0 Å². The highest BCUT2D eigenvalue weighted by Gasteiger charge is 2.52. The second-order valence-corrected chi connectivity index (χ2v) is 7.02. The first-order valence-electron chi connectivity index (χ1n) is 7.51. The molecule has 21 heavy (non-hydrogen) atoms. The van der Waals surface area contributed by atoms with E-state index in [-0.39, 0.29) is 11.0 Å². The Morgan fingerprint density at radius 3 is 2.48 bits per heavy atom. The molecule has 1 unspecified atom stereocenters. The van der Waals surface area contributed by atoms with Crippen molar-refractivity contribution in [1.82, 2.24) is 0 Å². The van der Waals surface area contributed by atoms with Crippen molar-refractivity contribution in [2.75, 3.05) is 6.61 Å². The topological polar surface area (TPSA) is 21.8 Å². The molecule has 2 aliphatic heterocycles. The normalized spacial score (nSPS) is 23.0. The van der Waals surface area contributed by atoms with E-state index in [1.807, 2.05) is 0 Å². The summed E-state index contributed by atoms with van der Waals surface area (Å²) in [5.41, 5.74) is 4.82. The monoisotopic (exact) mass is 280 g/mol. The summed E-state index contributed by atoms with van der Waals surface area (Å²) in [5.74, 6) is 0.955. The third kappa shape index (κ3) is 1.90. The minimum Gasteiger partial charge on any atom is -0.488 e. The number of hydrogen-bond donors (Lipinski definition) is 0. The van der Waals surface area contributed by atoms with E-state index in [0.717, 1.165) is 12.4 Å². The Labute approximate surface area is 125 Å². The fourth-order valence-electron chi connectivity index (χ4n) is 3.16. The van der Waals surface area contributed by atoms with E-state index in [9.17, 15) is 0 Å². The van der Waals surface area contributed by atoms with Crippen LogP contribution in [0.3, 0.4) is 0 Å². The molecule has 0 bridgehead atoms. The molecule has 2 heteroatoms. The van der Waals surface area contributed by atoms with Crippen LogP contribution in [0.15, 0.2) is 42.5 Å². The summed E-state index contributed by atoms with van der Waals surface area (Å²) in [6.07, 6.45) is 0. The Balaban J connectivity index is 1.93. The SMILES string of the molecule is CC(C)(C)c1ccc2c(c1)C1(CO1)c1ccccc1CO2. The van der Waals surface area contributed by atoms with Crippen molar-refractivity contribution >= 4 is 0 Å². The molecule has 1 saturated heterocycles. The van der Waals surface area contributed by atoms with E-state index in [1.165, 1.54) is 22.3 Å². The van der Waals surface area contributed by atoms with Crippen LogP contribution >= 0.6 is 0 Å². The smallest absolute Gasteiger partial charge is 0.145 e. The lowest BCUT2D eigenvalue weighted by atomic mass is 9.82. The Morgan fingerprint density at radius 2 is 1.76 bits per heavy atom. The molecule has 108 valence electrons. The van der Waals surface area contributed by atoms with Crippen LogP contribution < -0.4 is 4.74 Å². The molecular formula is C19H20O2. The molecule has 0 amide bonds. The predicted octanol–water partition coefficient (Wildman–Crippen LogP) is 4.15. The van der Waals surface area contributed by atoms with E-state index in [4.69, 9.17) is 9.47 Å². The van der Waals surface area contributed by atoms with Crippen LogP contribution in [0.1, 0.15) is 43.0 Å². The van der Waals surface area contributed by atoms with Gasteiger partial charge in [0.25, 0.3) is 0 Å². The van der Waals surface area contributed by atoms with E-state index >= 15 is 0 Å². The zero-order chi connectivity index (χ0) is 14.7. The molecule has 0 radical (unpaired) electrons. The Bertz CT molecular complexity index is 706. The van der Waals surface area contributed by atoms with Crippen LogP contribution in [0, 0.1) is 0 Å². The molecule has 0 aliphatic carbocycles. The standard InChI is InChI=1S/C19H20O2/c1-18(2,3)14-8-9-17-16(10-14)19(12-21-19)15-7-5-4-6-13(15)11-20-17/h4-10H,11-12H2,1-3H3. The largest absolute Gasteiger partial charge is 0.488 e. The van der Waals surface area contributed by atoms with E-state index in [2.05, 4.69) is 63.2 Å². The molecule has 2 heterocycles. The molecule has 1 atom stereocenters. The summed E-state index contributed by atoms with van der Waals surface area (Å²) in [6.45, 7) is 8.07. The predicted molar refractivity (Wildman–Crippen MR) is 82.6 cm³/mol. The zero-order valence-corrected chi connectivity index (χ0v) is 12.8. The van der Waals surface area contributed by atoms with Gasteiger partial charge < -0.3 is 9.47 Å². The van der Waals surface area contributed by atoms with Gasteiger partial charge in [-0.05, 0) is 34.2 Å². The lowest BCUT2D eigenvalue weighted by molar-refractivity contribution is 0.303. The number of hydrogen-bond acceptors (Lipinski definition) is 2. The van der Waals surface area contributed by atoms with Crippen molar-refractivity contribution in [3.8, 4) is 5.75 Å². The van der Waals surface area contributed by atoms with Gasteiger partial charge >= 0.3 is 0 Å². The summed E-state index contributed by atoms with van der Waals surface area (Å²) in [7, 11) is 0. The summed E-state index contributed by atoms with van der Waals surface area (Å²) in [4.78, 5) is 0. The maximum absolute atomic E-state index is 6.04. The van der Waals surface area contributed by atoms with Crippen LogP contribution in [-0.2, 0) is 22.4 Å². The molecule has 0 saturated carbocycles. The molecule has 2 aromatic rings. The van der Waals surface area contributed by atoms with Crippen molar-refractivity contribution in [2.45, 2.75) is 38.4 Å². The average molecular weight is 280 g/mol. The number of ether oxygens (including phenoxy) is 2. The first-order chi connectivity index (χ1) is 10.0. The summed E-state index contributed by atoms with van der Waals surface area (Å²) in [5, 5.41) is 0. The molecule has 0 N–H and O–H groups in total. The van der Waals surface area contributed by atoms with E-state index in [0.29, 0.717) is 6.61 Å². The Kier molecular flexibility index (Phi) is 2.52. The minimum atomic E-state index is -0.288. The zero-order valence-electron chi connectivity index (χ0n) is 12.8. The second kappa shape index (κ2) is 4.11. The Morgan fingerprint density at radius 1 is 1.00 bits per heavy atom. The maximum Gasteiger partial charge on any atom is 0.145 e. The van der Waals surface area contributed by atoms with Crippen molar-refractivity contribution in [3.63, 3.8) is 0 Å². The fraction of sp³-hybridized carbons (Fsp3) is 0.368. The van der Waals surface area contributed by atoms with Crippen LogP contribution in [0.25, 0.3) is 0 Å². The van der Waals surface area contributed by atoms with E-state index < -0.39 is 0 Å². The van der Waals surface area contributed by atoms with Crippen molar-refractivity contribution in [1.29, 1.82) is 0 Å². The minimum absolute atomic E-state index is 0.122. The van der Waals surface area contributed by atoms with Gasteiger partial charge in [-0.1, -0.05) is 51.1 Å². The van der Waals surface area contributed by atoms with Gasteiger partial charge in [-0.25, -0.2) is 0 Å². The molecule has 1 fully saturated rings. The lowest BCUT2D eigenvalue weighted by Gasteiger charge is -2.22.